The molecule has 0 heterocycles. The van der Waals surface area contributed by atoms with Crippen molar-refractivity contribution >= 4 is 24.2 Å². The number of ether oxygens (including phenoxy) is 6. The van der Waals surface area contributed by atoms with Crippen LogP contribution >= 0.6 is 0 Å². The maximum absolute atomic E-state index is 12.5. The van der Waals surface area contributed by atoms with Crippen LogP contribution in [0.4, 0.5) is 9.59 Å². The van der Waals surface area contributed by atoms with Gasteiger partial charge in [-0.05, 0) is 63.1 Å². The van der Waals surface area contributed by atoms with Gasteiger partial charge in [-0.15, -0.1) is 0 Å². The standard InChI is InChI=1S/C29H45NO10/c1-10-18(6)26(31)35-15-19(7)36-27(32)23(30)13-22-11-12-24(39-28(33)37-20(8)16(2)3)25(14-22)40-29(34)38-21(9)17(4)5/h11-12,14,16-21,23H,10,13,15,30H2,1-9H3/t18?,19-,20?,21?,23-/m0/s1. The summed E-state index contributed by atoms with van der Waals surface area (Å²) in [5.74, 6) is -1.40. The first-order valence-corrected chi connectivity index (χ1v) is 13.7. The summed E-state index contributed by atoms with van der Waals surface area (Å²) in [4.78, 5) is 49.1. The first-order chi connectivity index (χ1) is 18.6. The number of esters is 2. The third kappa shape index (κ3) is 12.2. The Hall–Kier alpha value is -3.34. The van der Waals surface area contributed by atoms with Crippen LogP contribution in [0.1, 0.15) is 74.3 Å². The SMILES string of the molecule is CCC(C)C(=O)OC[C@H](C)OC(=O)[C@@H](N)Cc1ccc(OC(=O)OC(C)C(C)C)c(OC(=O)OC(C)C(C)C)c1. The largest absolute Gasteiger partial charge is 0.514 e. The smallest absolute Gasteiger partial charge is 0.462 e. The number of benzene rings is 1. The van der Waals surface area contributed by atoms with Gasteiger partial charge in [0.15, 0.2) is 11.5 Å². The van der Waals surface area contributed by atoms with E-state index in [-0.39, 0.29) is 48.2 Å². The van der Waals surface area contributed by atoms with Gasteiger partial charge in [-0.25, -0.2) is 9.59 Å². The molecule has 0 amide bonds. The lowest BCUT2D eigenvalue weighted by atomic mass is 10.1. The van der Waals surface area contributed by atoms with Gasteiger partial charge < -0.3 is 34.2 Å². The number of nitrogens with two attached hydrogens (primary N) is 1. The molecule has 0 aromatic heterocycles. The zero-order valence-electron chi connectivity index (χ0n) is 25.1. The van der Waals surface area contributed by atoms with E-state index in [9.17, 15) is 19.2 Å². The van der Waals surface area contributed by atoms with Crippen LogP contribution in [0.2, 0.25) is 0 Å². The highest BCUT2D eigenvalue weighted by molar-refractivity contribution is 5.76. The molecule has 1 aromatic rings. The fourth-order valence-corrected chi connectivity index (χ4v) is 2.81. The van der Waals surface area contributed by atoms with E-state index in [2.05, 4.69) is 0 Å². The topological polar surface area (TPSA) is 150 Å². The van der Waals surface area contributed by atoms with Crippen molar-refractivity contribution in [3.8, 4) is 11.5 Å². The molecule has 0 saturated carbocycles. The van der Waals surface area contributed by atoms with Gasteiger partial charge in [-0.1, -0.05) is 47.6 Å². The summed E-state index contributed by atoms with van der Waals surface area (Å²) >= 11 is 0. The second kappa shape index (κ2) is 16.7. The van der Waals surface area contributed by atoms with E-state index in [0.717, 1.165) is 0 Å². The van der Waals surface area contributed by atoms with Crippen LogP contribution in [0.15, 0.2) is 18.2 Å². The fourth-order valence-electron chi connectivity index (χ4n) is 2.81. The van der Waals surface area contributed by atoms with Crippen LogP contribution in [0, 0.1) is 17.8 Å². The summed E-state index contributed by atoms with van der Waals surface area (Å²) in [5, 5.41) is 0. The van der Waals surface area contributed by atoms with E-state index in [1.165, 1.54) is 12.1 Å². The number of rotatable bonds is 14. The lowest BCUT2D eigenvalue weighted by Crippen LogP contribution is -2.37. The molecule has 5 atom stereocenters. The minimum absolute atomic E-state index is 0.0150. The molecule has 11 heteroatoms. The van der Waals surface area contributed by atoms with Crippen molar-refractivity contribution in [1.82, 2.24) is 0 Å². The van der Waals surface area contributed by atoms with Crippen LogP contribution in [0.3, 0.4) is 0 Å². The first kappa shape index (κ1) is 34.7. The molecule has 1 aromatic carbocycles. The minimum atomic E-state index is -1.07. The Morgan fingerprint density at radius 2 is 1.27 bits per heavy atom. The molecule has 0 aliphatic rings. The van der Waals surface area contributed by atoms with Gasteiger partial charge in [0.1, 0.15) is 31.0 Å². The van der Waals surface area contributed by atoms with Crippen molar-refractivity contribution in [2.45, 2.75) is 99.5 Å². The Morgan fingerprint density at radius 1 is 0.750 bits per heavy atom. The molecule has 3 unspecified atom stereocenters. The van der Waals surface area contributed by atoms with Gasteiger partial charge in [0.2, 0.25) is 0 Å². The zero-order chi connectivity index (χ0) is 30.6. The summed E-state index contributed by atoms with van der Waals surface area (Å²) < 4.78 is 31.6. The number of carbonyl (C=O) groups is 4. The van der Waals surface area contributed by atoms with Gasteiger partial charge in [-0.2, -0.15) is 0 Å². The average Bonchev–Trinajstić information content (AvgIpc) is 2.87. The monoisotopic (exact) mass is 567 g/mol. The summed E-state index contributed by atoms with van der Waals surface area (Å²) in [7, 11) is 0. The predicted molar refractivity (Wildman–Crippen MR) is 147 cm³/mol. The Kier molecular flexibility index (Phi) is 14.5. The van der Waals surface area contributed by atoms with Crippen molar-refractivity contribution in [3.05, 3.63) is 23.8 Å². The lowest BCUT2D eigenvalue weighted by molar-refractivity contribution is -0.160. The Morgan fingerprint density at radius 3 is 1.77 bits per heavy atom. The first-order valence-electron chi connectivity index (χ1n) is 13.7. The molecule has 226 valence electrons. The Labute approximate surface area is 236 Å². The number of hydrogen-bond acceptors (Lipinski definition) is 11. The molecule has 0 aliphatic heterocycles. The summed E-state index contributed by atoms with van der Waals surface area (Å²) in [6.07, 6.45) is -2.83. The Bertz CT molecular complexity index is 993. The zero-order valence-corrected chi connectivity index (χ0v) is 25.1. The quantitative estimate of drug-likeness (QED) is 0.179. The molecule has 0 aliphatic carbocycles. The van der Waals surface area contributed by atoms with E-state index in [1.54, 1.807) is 33.8 Å². The molecule has 0 bridgehead atoms. The summed E-state index contributed by atoms with van der Waals surface area (Å²) in [6.45, 7) is 16.1. The van der Waals surface area contributed by atoms with Crippen LogP contribution < -0.4 is 15.2 Å². The van der Waals surface area contributed by atoms with Gasteiger partial charge in [0.05, 0.1) is 5.92 Å². The second-order valence-electron chi connectivity index (χ2n) is 10.6. The molecular formula is C29H45NO10. The lowest BCUT2D eigenvalue weighted by Gasteiger charge is -2.19. The Balaban J connectivity index is 2.97. The summed E-state index contributed by atoms with van der Waals surface area (Å²) in [6, 6.07) is 3.31. The molecule has 0 radical (unpaired) electrons. The van der Waals surface area contributed by atoms with Gasteiger partial charge in [-0.3, -0.25) is 9.59 Å². The third-order valence-corrected chi connectivity index (χ3v) is 6.39. The van der Waals surface area contributed by atoms with E-state index < -0.39 is 42.6 Å². The van der Waals surface area contributed by atoms with Crippen LogP contribution in [-0.4, -0.2) is 55.2 Å². The van der Waals surface area contributed by atoms with Gasteiger partial charge in [0, 0.05) is 0 Å². The maximum Gasteiger partial charge on any atom is 0.514 e. The highest BCUT2D eigenvalue weighted by Gasteiger charge is 2.24. The van der Waals surface area contributed by atoms with Gasteiger partial charge >= 0.3 is 24.2 Å². The van der Waals surface area contributed by atoms with Crippen molar-refractivity contribution in [2.75, 3.05) is 6.61 Å². The molecule has 0 spiro atoms. The maximum atomic E-state index is 12.5. The van der Waals surface area contributed by atoms with Crippen molar-refractivity contribution in [1.29, 1.82) is 0 Å². The molecular weight excluding hydrogens is 522 g/mol. The normalized spacial score (nSPS) is 14.9. The summed E-state index contributed by atoms with van der Waals surface area (Å²) in [5.41, 5.74) is 6.55. The van der Waals surface area contributed by atoms with Crippen molar-refractivity contribution in [3.63, 3.8) is 0 Å². The van der Waals surface area contributed by atoms with Crippen LogP contribution in [0.25, 0.3) is 0 Å². The van der Waals surface area contributed by atoms with Gasteiger partial charge in [0.25, 0.3) is 0 Å². The van der Waals surface area contributed by atoms with E-state index in [4.69, 9.17) is 34.2 Å². The molecule has 0 saturated heterocycles. The van der Waals surface area contributed by atoms with Crippen molar-refractivity contribution < 1.29 is 47.6 Å². The average molecular weight is 568 g/mol. The van der Waals surface area contributed by atoms with Crippen molar-refractivity contribution in [2.24, 2.45) is 23.5 Å². The van der Waals surface area contributed by atoms with E-state index in [1.807, 2.05) is 34.6 Å². The second-order valence-corrected chi connectivity index (χ2v) is 10.6. The highest BCUT2D eigenvalue weighted by Crippen LogP contribution is 2.30. The van der Waals surface area contributed by atoms with Crippen LogP contribution in [0.5, 0.6) is 11.5 Å². The van der Waals surface area contributed by atoms with E-state index in [0.29, 0.717) is 12.0 Å². The fraction of sp³-hybridized carbons (Fsp3) is 0.655. The van der Waals surface area contributed by atoms with E-state index >= 15 is 0 Å². The van der Waals surface area contributed by atoms with Crippen LogP contribution in [-0.2, 0) is 35.0 Å². The number of hydrogen-bond donors (Lipinski definition) is 1. The molecule has 11 nitrogen and oxygen atoms in total. The minimum Gasteiger partial charge on any atom is -0.462 e. The number of carbonyl (C=O) groups excluding carboxylic acids is 4. The molecule has 40 heavy (non-hydrogen) atoms. The highest BCUT2D eigenvalue weighted by atomic mass is 16.8. The molecule has 0 fully saturated rings. The predicted octanol–water partition coefficient (Wildman–Crippen LogP) is 5.20. The molecule has 1 rings (SSSR count). The third-order valence-electron chi connectivity index (χ3n) is 6.39. The molecule has 2 N–H and O–H groups in total.